The van der Waals surface area contributed by atoms with Gasteiger partial charge in [0.25, 0.3) is 0 Å². The minimum Gasteiger partial charge on any atom is -0.448 e. The van der Waals surface area contributed by atoms with E-state index in [0.717, 1.165) is 29.9 Å². The smallest absolute Gasteiger partial charge is 0.317 e. The highest BCUT2D eigenvalue weighted by Gasteiger charge is 2.28. The summed E-state index contributed by atoms with van der Waals surface area (Å²) in [6.45, 7) is 3.50. The van der Waals surface area contributed by atoms with Crippen molar-refractivity contribution in [3.8, 4) is 0 Å². The van der Waals surface area contributed by atoms with Crippen LogP contribution in [-0.2, 0) is 6.54 Å². The highest BCUT2D eigenvalue weighted by molar-refractivity contribution is 5.74. The first kappa shape index (κ1) is 16.5. The average Bonchev–Trinajstić information content (AvgIpc) is 3.05. The summed E-state index contributed by atoms with van der Waals surface area (Å²) in [6.07, 6.45) is 2.51. The number of carbonyl (C=O) groups excluding carboxylic acids is 1. The van der Waals surface area contributed by atoms with Gasteiger partial charge in [-0.1, -0.05) is 30.3 Å². The summed E-state index contributed by atoms with van der Waals surface area (Å²) in [4.78, 5) is 18.1. The van der Waals surface area contributed by atoms with Gasteiger partial charge in [0.15, 0.2) is 6.39 Å². The Morgan fingerprint density at radius 1 is 1.38 bits per heavy atom. The van der Waals surface area contributed by atoms with Crippen molar-refractivity contribution in [2.75, 3.05) is 13.1 Å². The van der Waals surface area contributed by atoms with E-state index in [-0.39, 0.29) is 11.9 Å². The number of aliphatic hydroxyl groups is 1. The van der Waals surface area contributed by atoms with Gasteiger partial charge < -0.3 is 19.7 Å². The van der Waals surface area contributed by atoms with E-state index in [0.29, 0.717) is 19.6 Å². The van der Waals surface area contributed by atoms with Crippen molar-refractivity contribution in [1.29, 1.82) is 0 Å². The standard InChI is InChI=1S/C18H23N3O3/c1-13-16(20-12-24-13)11-19-18(23)21-9-7-15(8-10-21)17(22)14-5-3-2-4-6-14/h2-6,12,15,17,22H,7-11H2,1H3,(H,19,23). The molecule has 0 bridgehead atoms. The fraction of sp³-hybridized carbons (Fsp3) is 0.444. The van der Waals surface area contributed by atoms with E-state index < -0.39 is 6.10 Å². The summed E-state index contributed by atoms with van der Waals surface area (Å²) in [5.41, 5.74) is 1.69. The predicted octanol–water partition coefficient (Wildman–Crippen LogP) is 2.64. The van der Waals surface area contributed by atoms with Crippen molar-refractivity contribution in [2.45, 2.75) is 32.4 Å². The first-order chi connectivity index (χ1) is 11.6. The number of carbonyl (C=O) groups is 1. The molecule has 2 heterocycles. The molecule has 1 aromatic carbocycles. The molecule has 0 radical (unpaired) electrons. The highest BCUT2D eigenvalue weighted by atomic mass is 16.3. The summed E-state index contributed by atoms with van der Waals surface area (Å²) < 4.78 is 5.12. The molecule has 128 valence electrons. The molecule has 2 amide bonds. The van der Waals surface area contributed by atoms with Crippen molar-refractivity contribution in [1.82, 2.24) is 15.2 Å². The molecule has 1 aromatic heterocycles. The van der Waals surface area contributed by atoms with Crippen LogP contribution in [0.3, 0.4) is 0 Å². The Hall–Kier alpha value is -2.34. The van der Waals surface area contributed by atoms with Gasteiger partial charge in [-0.25, -0.2) is 9.78 Å². The number of aliphatic hydroxyl groups excluding tert-OH is 1. The zero-order valence-electron chi connectivity index (χ0n) is 13.8. The van der Waals surface area contributed by atoms with Crippen LogP contribution in [0.15, 0.2) is 41.1 Å². The van der Waals surface area contributed by atoms with Crippen molar-refractivity contribution in [2.24, 2.45) is 5.92 Å². The maximum atomic E-state index is 12.2. The number of aromatic nitrogens is 1. The molecule has 0 saturated carbocycles. The first-order valence-electron chi connectivity index (χ1n) is 8.30. The number of urea groups is 1. The lowest BCUT2D eigenvalue weighted by molar-refractivity contribution is 0.0665. The van der Waals surface area contributed by atoms with E-state index in [1.54, 1.807) is 4.90 Å². The Balaban J connectivity index is 1.48. The molecule has 1 saturated heterocycles. The molecule has 6 heteroatoms. The number of likely N-dealkylation sites (tertiary alicyclic amines) is 1. The number of piperidine rings is 1. The van der Waals surface area contributed by atoms with Crippen LogP contribution in [0.2, 0.25) is 0 Å². The van der Waals surface area contributed by atoms with Crippen LogP contribution >= 0.6 is 0 Å². The van der Waals surface area contributed by atoms with Gasteiger partial charge >= 0.3 is 6.03 Å². The molecule has 0 spiro atoms. The van der Waals surface area contributed by atoms with Gasteiger partial charge in [0.1, 0.15) is 11.5 Å². The van der Waals surface area contributed by atoms with Crippen LogP contribution in [0.1, 0.15) is 36.0 Å². The van der Waals surface area contributed by atoms with Crippen LogP contribution in [0, 0.1) is 12.8 Å². The lowest BCUT2D eigenvalue weighted by atomic mass is 9.87. The fourth-order valence-electron chi connectivity index (χ4n) is 3.11. The normalized spacial score (nSPS) is 16.8. The zero-order chi connectivity index (χ0) is 16.9. The van der Waals surface area contributed by atoms with Crippen molar-refractivity contribution in [3.05, 3.63) is 53.7 Å². The van der Waals surface area contributed by atoms with E-state index in [1.807, 2.05) is 37.3 Å². The van der Waals surface area contributed by atoms with Crippen LogP contribution < -0.4 is 5.32 Å². The molecule has 2 N–H and O–H groups in total. The number of hydrogen-bond acceptors (Lipinski definition) is 4. The third-order valence-electron chi connectivity index (χ3n) is 4.67. The number of rotatable bonds is 4. The van der Waals surface area contributed by atoms with Gasteiger partial charge in [-0.3, -0.25) is 0 Å². The van der Waals surface area contributed by atoms with Crippen molar-refractivity contribution >= 4 is 6.03 Å². The summed E-state index contributed by atoms with van der Waals surface area (Å²) in [7, 11) is 0. The highest BCUT2D eigenvalue weighted by Crippen LogP contribution is 2.30. The van der Waals surface area contributed by atoms with Crippen LogP contribution in [0.5, 0.6) is 0 Å². The summed E-state index contributed by atoms with van der Waals surface area (Å²) in [6, 6.07) is 9.62. The molecule has 1 unspecified atom stereocenters. The largest absolute Gasteiger partial charge is 0.448 e. The van der Waals surface area contributed by atoms with Gasteiger partial charge in [0.05, 0.1) is 12.6 Å². The Labute approximate surface area is 141 Å². The first-order valence-corrected chi connectivity index (χ1v) is 8.30. The fourth-order valence-corrected chi connectivity index (χ4v) is 3.11. The van der Waals surface area contributed by atoms with Gasteiger partial charge in [-0.05, 0) is 31.2 Å². The van der Waals surface area contributed by atoms with Gasteiger partial charge in [-0.15, -0.1) is 0 Å². The topological polar surface area (TPSA) is 78.6 Å². The van der Waals surface area contributed by atoms with E-state index in [2.05, 4.69) is 10.3 Å². The number of oxazole rings is 1. The van der Waals surface area contributed by atoms with Gasteiger partial charge in [0.2, 0.25) is 0 Å². The Morgan fingerprint density at radius 2 is 2.08 bits per heavy atom. The van der Waals surface area contributed by atoms with Gasteiger partial charge in [-0.2, -0.15) is 0 Å². The molecule has 6 nitrogen and oxygen atoms in total. The third kappa shape index (κ3) is 3.76. The minimum absolute atomic E-state index is 0.0925. The maximum Gasteiger partial charge on any atom is 0.317 e. The molecule has 1 atom stereocenters. The Morgan fingerprint density at radius 3 is 2.71 bits per heavy atom. The second kappa shape index (κ2) is 7.49. The van der Waals surface area contributed by atoms with Crippen LogP contribution in [0.4, 0.5) is 4.79 Å². The second-order valence-electron chi connectivity index (χ2n) is 6.19. The van der Waals surface area contributed by atoms with Crippen molar-refractivity contribution < 1.29 is 14.3 Å². The quantitative estimate of drug-likeness (QED) is 0.904. The summed E-state index contributed by atoms with van der Waals surface area (Å²) in [5, 5.41) is 13.4. The molecule has 24 heavy (non-hydrogen) atoms. The van der Waals surface area contributed by atoms with E-state index >= 15 is 0 Å². The number of nitrogens with zero attached hydrogens (tertiary/aromatic N) is 2. The Kier molecular flexibility index (Phi) is 5.15. The lowest BCUT2D eigenvalue weighted by Gasteiger charge is -2.34. The maximum absolute atomic E-state index is 12.2. The zero-order valence-corrected chi connectivity index (χ0v) is 13.8. The molecule has 1 fully saturated rings. The lowest BCUT2D eigenvalue weighted by Crippen LogP contribution is -2.45. The number of hydrogen-bond donors (Lipinski definition) is 2. The average molecular weight is 329 g/mol. The number of benzene rings is 1. The molecule has 2 aromatic rings. The Bertz CT molecular complexity index is 663. The molecular weight excluding hydrogens is 306 g/mol. The van der Waals surface area contributed by atoms with E-state index in [4.69, 9.17) is 4.42 Å². The van der Waals surface area contributed by atoms with Crippen molar-refractivity contribution in [3.63, 3.8) is 0 Å². The number of amides is 2. The molecule has 0 aliphatic carbocycles. The second-order valence-corrected chi connectivity index (χ2v) is 6.19. The molecule has 1 aliphatic heterocycles. The third-order valence-corrected chi connectivity index (χ3v) is 4.67. The summed E-state index contributed by atoms with van der Waals surface area (Å²) >= 11 is 0. The molecule has 3 rings (SSSR count). The summed E-state index contributed by atoms with van der Waals surface area (Å²) in [5.74, 6) is 0.911. The molecular formula is C18H23N3O3. The SMILES string of the molecule is Cc1ocnc1CNC(=O)N1CCC(C(O)c2ccccc2)CC1. The van der Waals surface area contributed by atoms with E-state index in [1.165, 1.54) is 6.39 Å². The number of aryl methyl sites for hydroxylation is 1. The van der Waals surface area contributed by atoms with Gasteiger partial charge in [0, 0.05) is 13.1 Å². The van der Waals surface area contributed by atoms with Crippen LogP contribution in [-0.4, -0.2) is 34.1 Å². The minimum atomic E-state index is -0.464. The molecule has 1 aliphatic rings. The number of nitrogens with one attached hydrogen (secondary N) is 1. The van der Waals surface area contributed by atoms with Crippen LogP contribution in [0.25, 0.3) is 0 Å². The monoisotopic (exact) mass is 329 g/mol. The predicted molar refractivity (Wildman–Crippen MR) is 89.2 cm³/mol. The van der Waals surface area contributed by atoms with E-state index in [9.17, 15) is 9.90 Å².